The predicted octanol–water partition coefficient (Wildman–Crippen LogP) is 1.84. The zero-order chi connectivity index (χ0) is 19.5. The number of hydrogen-bond donors (Lipinski definition) is 4. The number of carbonyl (C=O) groups excluding carboxylic acids is 2. The molecule has 0 spiro atoms. The second kappa shape index (κ2) is 7.45. The number of benzene rings is 2. The van der Waals surface area contributed by atoms with E-state index in [1.165, 1.54) is 6.20 Å². The quantitative estimate of drug-likeness (QED) is 0.424. The summed E-state index contributed by atoms with van der Waals surface area (Å²) < 4.78 is 0. The van der Waals surface area contributed by atoms with Crippen molar-refractivity contribution in [2.24, 2.45) is 0 Å². The van der Waals surface area contributed by atoms with Crippen molar-refractivity contribution in [1.29, 1.82) is 0 Å². The summed E-state index contributed by atoms with van der Waals surface area (Å²) in [5.74, 6) is -0.841. The number of carbonyl (C=O) groups is 2. The van der Waals surface area contributed by atoms with Gasteiger partial charge >= 0.3 is 0 Å². The van der Waals surface area contributed by atoms with Gasteiger partial charge in [-0.25, -0.2) is 4.98 Å². The number of anilines is 1. The highest BCUT2D eigenvalue weighted by Crippen LogP contribution is 2.14. The average Bonchev–Trinajstić information content (AvgIpc) is 3.13. The lowest BCUT2D eigenvalue weighted by Gasteiger charge is -2.15. The third kappa shape index (κ3) is 3.53. The number of aliphatic hydroxyl groups is 1. The number of nitrogens with zero attached hydrogens (tertiary/aromatic N) is 2. The van der Waals surface area contributed by atoms with Crippen LogP contribution in [0.3, 0.4) is 0 Å². The van der Waals surface area contributed by atoms with Gasteiger partial charge in [0.15, 0.2) is 0 Å². The number of aromatic amines is 1. The molecule has 8 nitrogen and oxygen atoms in total. The Morgan fingerprint density at radius 2 is 1.82 bits per heavy atom. The smallest absolute Gasteiger partial charge is 0.253 e. The van der Waals surface area contributed by atoms with Crippen LogP contribution in [-0.4, -0.2) is 44.5 Å². The fourth-order valence-corrected chi connectivity index (χ4v) is 2.85. The largest absolute Gasteiger partial charge is 0.394 e. The average molecular weight is 375 g/mol. The van der Waals surface area contributed by atoms with E-state index in [2.05, 4.69) is 25.6 Å². The van der Waals surface area contributed by atoms with Crippen LogP contribution >= 0.6 is 0 Å². The van der Waals surface area contributed by atoms with E-state index in [1.54, 1.807) is 12.1 Å². The molecule has 28 heavy (non-hydrogen) atoms. The first kappa shape index (κ1) is 17.6. The first-order chi connectivity index (χ1) is 13.6. The highest BCUT2D eigenvalue weighted by molar-refractivity contribution is 6.02. The van der Waals surface area contributed by atoms with E-state index in [0.717, 1.165) is 16.4 Å². The van der Waals surface area contributed by atoms with Gasteiger partial charge in [-0.05, 0) is 24.3 Å². The summed E-state index contributed by atoms with van der Waals surface area (Å²) in [7, 11) is 0. The number of pyridine rings is 1. The molecule has 0 aliphatic heterocycles. The van der Waals surface area contributed by atoms with Crippen molar-refractivity contribution in [1.82, 2.24) is 20.3 Å². The van der Waals surface area contributed by atoms with Crippen molar-refractivity contribution < 1.29 is 14.7 Å². The van der Waals surface area contributed by atoms with Crippen LogP contribution in [-0.2, 0) is 4.79 Å². The number of para-hydroxylation sites is 3. The van der Waals surface area contributed by atoms with E-state index in [9.17, 15) is 14.7 Å². The molecule has 2 aromatic heterocycles. The second-order valence-electron chi connectivity index (χ2n) is 6.22. The van der Waals surface area contributed by atoms with E-state index in [0.29, 0.717) is 11.1 Å². The number of nitrogens with one attached hydrogen (secondary N) is 3. The Hall–Kier alpha value is -3.78. The first-order valence-corrected chi connectivity index (χ1v) is 8.66. The molecule has 2 aromatic carbocycles. The summed E-state index contributed by atoms with van der Waals surface area (Å²) in [5, 5.41) is 15.5. The van der Waals surface area contributed by atoms with E-state index >= 15 is 0 Å². The minimum absolute atomic E-state index is 0.242. The lowest BCUT2D eigenvalue weighted by molar-refractivity contribution is -0.118. The van der Waals surface area contributed by atoms with Gasteiger partial charge in [0.1, 0.15) is 6.04 Å². The fourth-order valence-electron chi connectivity index (χ4n) is 2.85. The van der Waals surface area contributed by atoms with Crippen molar-refractivity contribution in [3.05, 3.63) is 66.4 Å². The van der Waals surface area contributed by atoms with Crippen LogP contribution in [0.1, 0.15) is 10.4 Å². The number of hydrogen-bond acceptors (Lipinski definition) is 5. The van der Waals surface area contributed by atoms with Crippen molar-refractivity contribution in [2.45, 2.75) is 6.04 Å². The molecule has 0 unspecified atom stereocenters. The summed E-state index contributed by atoms with van der Waals surface area (Å²) in [6.45, 7) is -0.557. The van der Waals surface area contributed by atoms with Crippen LogP contribution in [0.5, 0.6) is 0 Å². The van der Waals surface area contributed by atoms with E-state index in [4.69, 9.17) is 0 Å². The second-order valence-corrected chi connectivity index (χ2v) is 6.22. The maximum atomic E-state index is 12.5. The summed E-state index contributed by atoms with van der Waals surface area (Å²) >= 11 is 0. The Morgan fingerprint density at radius 1 is 1.07 bits per heavy atom. The van der Waals surface area contributed by atoms with E-state index < -0.39 is 24.5 Å². The van der Waals surface area contributed by atoms with Crippen LogP contribution in [0.25, 0.3) is 21.9 Å². The highest BCUT2D eigenvalue weighted by Gasteiger charge is 2.22. The van der Waals surface area contributed by atoms with Crippen molar-refractivity contribution in [2.75, 3.05) is 11.9 Å². The molecule has 0 radical (unpaired) electrons. The van der Waals surface area contributed by atoms with Gasteiger partial charge in [-0.15, -0.1) is 0 Å². The molecule has 140 valence electrons. The molecule has 1 atom stereocenters. The molecule has 0 saturated heterocycles. The summed E-state index contributed by atoms with van der Waals surface area (Å²) in [5.41, 5.74) is 2.53. The van der Waals surface area contributed by atoms with Gasteiger partial charge in [0, 0.05) is 11.6 Å². The Bertz CT molecular complexity index is 1140. The Kier molecular flexibility index (Phi) is 4.69. The Morgan fingerprint density at radius 3 is 2.61 bits per heavy atom. The SMILES string of the molecule is O=C(N[C@@H](CO)C(=O)Nc1nc2ccccc2[nH]1)c1cnc2ccccc2c1. The number of imidazole rings is 1. The lowest BCUT2D eigenvalue weighted by Crippen LogP contribution is -2.46. The highest BCUT2D eigenvalue weighted by atomic mass is 16.3. The summed E-state index contributed by atoms with van der Waals surface area (Å²) in [6.07, 6.45) is 1.43. The fraction of sp³-hybridized carbons (Fsp3) is 0.100. The minimum atomic E-state index is -1.13. The third-order valence-corrected chi connectivity index (χ3v) is 4.29. The number of rotatable bonds is 5. The van der Waals surface area contributed by atoms with Crippen LogP contribution in [0.15, 0.2) is 60.8 Å². The molecular weight excluding hydrogens is 358 g/mol. The van der Waals surface area contributed by atoms with E-state index in [1.807, 2.05) is 42.5 Å². The summed E-state index contributed by atoms with van der Waals surface area (Å²) in [4.78, 5) is 36.4. The summed E-state index contributed by atoms with van der Waals surface area (Å²) in [6, 6.07) is 15.3. The maximum absolute atomic E-state index is 12.5. The molecule has 4 rings (SSSR count). The predicted molar refractivity (Wildman–Crippen MR) is 105 cm³/mol. The molecule has 2 amide bonds. The third-order valence-electron chi connectivity index (χ3n) is 4.29. The van der Waals surface area contributed by atoms with Crippen molar-refractivity contribution in [3.8, 4) is 0 Å². The number of aliphatic hydroxyl groups excluding tert-OH is 1. The van der Waals surface area contributed by atoms with Gasteiger partial charge in [-0.1, -0.05) is 30.3 Å². The number of H-pyrrole nitrogens is 1. The van der Waals surface area contributed by atoms with Gasteiger partial charge < -0.3 is 15.4 Å². The normalized spacial score (nSPS) is 12.0. The van der Waals surface area contributed by atoms with Crippen LogP contribution in [0.2, 0.25) is 0 Å². The van der Waals surface area contributed by atoms with Gasteiger partial charge in [-0.3, -0.25) is 19.9 Å². The zero-order valence-electron chi connectivity index (χ0n) is 14.7. The Labute approximate surface area is 159 Å². The molecule has 2 heterocycles. The van der Waals surface area contributed by atoms with Gasteiger partial charge in [0.25, 0.3) is 11.8 Å². The zero-order valence-corrected chi connectivity index (χ0v) is 14.7. The minimum Gasteiger partial charge on any atom is -0.394 e. The van der Waals surface area contributed by atoms with Crippen LogP contribution < -0.4 is 10.6 Å². The van der Waals surface area contributed by atoms with Gasteiger partial charge in [-0.2, -0.15) is 0 Å². The molecule has 0 saturated carbocycles. The van der Waals surface area contributed by atoms with Crippen molar-refractivity contribution >= 4 is 39.7 Å². The monoisotopic (exact) mass is 375 g/mol. The molecule has 4 N–H and O–H groups in total. The maximum Gasteiger partial charge on any atom is 0.253 e. The lowest BCUT2D eigenvalue weighted by atomic mass is 10.1. The van der Waals surface area contributed by atoms with E-state index in [-0.39, 0.29) is 5.95 Å². The molecule has 0 bridgehead atoms. The van der Waals surface area contributed by atoms with Gasteiger partial charge in [0.05, 0.1) is 28.7 Å². The van der Waals surface area contributed by atoms with Crippen molar-refractivity contribution in [3.63, 3.8) is 0 Å². The number of aromatic nitrogens is 3. The topological polar surface area (TPSA) is 120 Å². The first-order valence-electron chi connectivity index (χ1n) is 8.66. The molecule has 4 aromatic rings. The van der Waals surface area contributed by atoms with Crippen LogP contribution in [0.4, 0.5) is 5.95 Å². The molecule has 0 aliphatic rings. The molecule has 0 aliphatic carbocycles. The van der Waals surface area contributed by atoms with Crippen LogP contribution in [0, 0.1) is 0 Å². The van der Waals surface area contributed by atoms with Gasteiger partial charge in [0.2, 0.25) is 5.95 Å². The molecule has 8 heteroatoms. The number of fused-ring (bicyclic) bond motifs is 2. The molecule has 0 fully saturated rings. The number of amides is 2. The Balaban J connectivity index is 1.47. The molecular formula is C20H17N5O3. The standard InChI is InChI=1S/C20H17N5O3/c26-11-17(19(28)25-20-23-15-7-3-4-8-16(15)24-20)22-18(27)13-9-12-5-1-2-6-14(12)21-10-13/h1-10,17,26H,11H2,(H,22,27)(H2,23,24,25,28)/t17-/m0/s1.